The van der Waals surface area contributed by atoms with Gasteiger partial charge < -0.3 is 10.6 Å². The molecule has 0 unspecified atom stereocenters. The summed E-state index contributed by atoms with van der Waals surface area (Å²) in [4.78, 5) is 34.9. The number of amides is 3. The lowest BCUT2D eigenvalue weighted by Gasteiger charge is -2.07. The van der Waals surface area contributed by atoms with E-state index in [2.05, 4.69) is 21.2 Å². The van der Waals surface area contributed by atoms with Crippen molar-refractivity contribution in [3.8, 4) is 0 Å². The summed E-state index contributed by atoms with van der Waals surface area (Å²) in [6.07, 6.45) is 0.0156. The van der Waals surface area contributed by atoms with E-state index in [4.69, 9.17) is 0 Å². The molecule has 0 aliphatic heterocycles. The molecule has 0 spiro atoms. The number of anilines is 1. The molecule has 0 fully saturated rings. The van der Waals surface area contributed by atoms with Crippen LogP contribution in [0.25, 0.3) is 0 Å². The molecule has 24 heavy (non-hydrogen) atoms. The van der Waals surface area contributed by atoms with Crippen LogP contribution in [0.1, 0.15) is 32.8 Å². The van der Waals surface area contributed by atoms with Crippen LogP contribution in [0.3, 0.4) is 0 Å². The number of hydrogen-bond donors (Lipinski definition) is 3. The summed E-state index contributed by atoms with van der Waals surface area (Å²) < 4.78 is 0. The van der Waals surface area contributed by atoms with Gasteiger partial charge in [0.25, 0.3) is 0 Å². The number of nitrogens with one attached hydrogen (secondary N) is 3. The van der Waals surface area contributed by atoms with E-state index in [0.29, 0.717) is 17.9 Å². The third kappa shape index (κ3) is 7.53. The number of hydrazone groups is 1. The van der Waals surface area contributed by atoms with Crippen molar-refractivity contribution in [3.63, 3.8) is 0 Å². The molecule has 7 nitrogen and oxygen atoms in total. The number of benzene rings is 1. The first-order valence-corrected chi connectivity index (χ1v) is 7.75. The average molecular weight is 332 g/mol. The monoisotopic (exact) mass is 332 g/mol. The van der Waals surface area contributed by atoms with Gasteiger partial charge in [-0.05, 0) is 31.9 Å². The molecule has 1 aromatic rings. The fourth-order valence-corrected chi connectivity index (χ4v) is 1.69. The molecular formula is C17H24N4O3. The number of nitrogens with zero attached hydrogens (tertiary/aromatic N) is 1. The minimum absolute atomic E-state index is 0.0156. The summed E-state index contributed by atoms with van der Waals surface area (Å²) in [5, 5.41) is 8.98. The van der Waals surface area contributed by atoms with Crippen LogP contribution in [0.2, 0.25) is 0 Å². The van der Waals surface area contributed by atoms with Crippen LogP contribution in [-0.4, -0.2) is 30.0 Å². The van der Waals surface area contributed by atoms with Gasteiger partial charge in [-0.1, -0.05) is 31.5 Å². The molecule has 3 amide bonds. The zero-order valence-electron chi connectivity index (χ0n) is 14.5. The van der Waals surface area contributed by atoms with Gasteiger partial charge >= 0.3 is 11.8 Å². The van der Waals surface area contributed by atoms with Gasteiger partial charge in [-0.15, -0.1) is 0 Å². The maximum Gasteiger partial charge on any atom is 0.329 e. The number of carbonyl (C=O) groups excluding carboxylic acids is 3. The lowest BCUT2D eigenvalue weighted by atomic mass is 10.2. The van der Waals surface area contributed by atoms with Gasteiger partial charge in [-0.3, -0.25) is 14.4 Å². The Balaban J connectivity index is 2.42. The molecule has 1 rings (SSSR count). The Morgan fingerprint density at radius 2 is 1.71 bits per heavy atom. The first-order valence-electron chi connectivity index (χ1n) is 7.75. The predicted octanol–water partition coefficient (Wildman–Crippen LogP) is 1.59. The quantitative estimate of drug-likeness (QED) is 0.419. The minimum atomic E-state index is -0.853. The first kappa shape index (κ1) is 19.3. The summed E-state index contributed by atoms with van der Waals surface area (Å²) in [5.41, 5.74) is 4.32. The minimum Gasteiger partial charge on any atom is -0.348 e. The molecule has 0 saturated heterocycles. The highest BCUT2D eigenvalue weighted by Gasteiger charge is 2.13. The Hall–Kier alpha value is -2.70. The zero-order chi connectivity index (χ0) is 18.1. The molecule has 0 radical (unpaired) electrons. The summed E-state index contributed by atoms with van der Waals surface area (Å²) in [5.74, 6) is -1.60. The van der Waals surface area contributed by atoms with E-state index in [1.165, 1.54) is 0 Å². The van der Waals surface area contributed by atoms with Crippen molar-refractivity contribution in [2.45, 2.75) is 34.1 Å². The van der Waals surface area contributed by atoms with E-state index in [0.717, 1.165) is 5.56 Å². The zero-order valence-corrected chi connectivity index (χ0v) is 14.5. The van der Waals surface area contributed by atoms with Crippen LogP contribution in [0.4, 0.5) is 5.69 Å². The summed E-state index contributed by atoms with van der Waals surface area (Å²) >= 11 is 0. The summed E-state index contributed by atoms with van der Waals surface area (Å²) in [6, 6.07) is 7.40. The maximum absolute atomic E-state index is 11.9. The third-order valence-corrected chi connectivity index (χ3v) is 2.98. The van der Waals surface area contributed by atoms with Crippen molar-refractivity contribution in [2.75, 3.05) is 11.9 Å². The van der Waals surface area contributed by atoms with Crippen molar-refractivity contribution in [2.24, 2.45) is 11.0 Å². The van der Waals surface area contributed by atoms with Crippen LogP contribution in [0.15, 0.2) is 29.4 Å². The standard InChI is InChI=1S/C17H24N4O3/c1-11(2)10-18-16(23)17(24)21-20-13(4)9-15(22)19-14-7-5-12(3)6-8-14/h5-8,11H,9-10H2,1-4H3,(H,18,23)(H,19,22)(H,21,24)/b20-13-. The Kier molecular flexibility index (Phi) is 7.61. The molecule has 130 valence electrons. The number of hydrogen-bond acceptors (Lipinski definition) is 4. The molecular weight excluding hydrogens is 308 g/mol. The Morgan fingerprint density at radius 1 is 1.08 bits per heavy atom. The smallest absolute Gasteiger partial charge is 0.329 e. The van der Waals surface area contributed by atoms with Crippen molar-refractivity contribution >= 4 is 29.1 Å². The number of carbonyl (C=O) groups is 3. The molecule has 0 aliphatic rings. The van der Waals surface area contributed by atoms with Crippen LogP contribution in [0.5, 0.6) is 0 Å². The van der Waals surface area contributed by atoms with Crippen molar-refractivity contribution in [1.82, 2.24) is 10.7 Å². The molecule has 0 heterocycles. The Morgan fingerprint density at radius 3 is 2.29 bits per heavy atom. The fraction of sp³-hybridized carbons (Fsp3) is 0.412. The lowest BCUT2D eigenvalue weighted by molar-refractivity contribution is -0.139. The van der Waals surface area contributed by atoms with Crippen molar-refractivity contribution in [1.29, 1.82) is 0 Å². The van der Waals surface area contributed by atoms with Gasteiger partial charge in [0, 0.05) is 17.9 Å². The van der Waals surface area contributed by atoms with E-state index in [9.17, 15) is 14.4 Å². The van der Waals surface area contributed by atoms with Gasteiger partial charge in [0.05, 0.1) is 6.42 Å². The predicted molar refractivity (Wildman–Crippen MR) is 93.5 cm³/mol. The van der Waals surface area contributed by atoms with E-state index in [1.54, 1.807) is 19.1 Å². The molecule has 7 heteroatoms. The normalized spacial score (nSPS) is 11.1. The molecule has 0 aliphatic carbocycles. The van der Waals surface area contributed by atoms with Crippen molar-refractivity contribution in [3.05, 3.63) is 29.8 Å². The van der Waals surface area contributed by atoms with Gasteiger partial charge in [-0.25, -0.2) is 5.43 Å². The van der Waals surface area contributed by atoms with Gasteiger partial charge in [0.15, 0.2) is 0 Å². The molecule has 0 bridgehead atoms. The molecule has 0 aromatic heterocycles. The first-order chi connectivity index (χ1) is 11.3. The molecule has 1 aromatic carbocycles. The van der Waals surface area contributed by atoms with Crippen LogP contribution in [0, 0.1) is 12.8 Å². The lowest BCUT2D eigenvalue weighted by Crippen LogP contribution is -2.39. The van der Waals surface area contributed by atoms with Crippen LogP contribution >= 0.6 is 0 Å². The second-order valence-corrected chi connectivity index (χ2v) is 5.98. The van der Waals surface area contributed by atoms with Gasteiger partial charge in [0.1, 0.15) is 0 Å². The Labute approximate surface area is 141 Å². The van der Waals surface area contributed by atoms with E-state index in [1.807, 2.05) is 32.9 Å². The molecule has 3 N–H and O–H groups in total. The topological polar surface area (TPSA) is 99.7 Å². The molecule has 0 saturated carbocycles. The second kappa shape index (κ2) is 9.44. The summed E-state index contributed by atoms with van der Waals surface area (Å²) in [6.45, 7) is 7.82. The van der Waals surface area contributed by atoms with Gasteiger partial charge in [-0.2, -0.15) is 5.10 Å². The van der Waals surface area contributed by atoms with E-state index < -0.39 is 11.8 Å². The highest BCUT2D eigenvalue weighted by atomic mass is 16.2. The SMILES string of the molecule is C/C(CC(=O)Nc1ccc(C)cc1)=N/NC(=O)C(=O)NCC(C)C. The average Bonchev–Trinajstić information content (AvgIpc) is 2.52. The van der Waals surface area contributed by atoms with E-state index in [-0.39, 0.29) is 18.2 Å². The van der Waals surface area contributed by atoms with Crippen LogP contribution < -0.4 is 16.1 Å². The van der Waals surface area contributed by atoms with Crippen molar-refractivity contribution < 1.29 is 14.4 Å². The second-order valence-electron chi connectivity index (χ2n) is 5.98. The maximum atomic E-state index is 11.9. The van der Waals surface area contributed by atoms with Crippen LogP contribution in [-0.2, 0) is 14.4 Å². The summed E-state index contributed by atoms with van der Waals surface area (Å²) in [7, 11) is 0. The Bertz CT molecular complexity index is 621. The number of rotatable bonds is 6. The van der Waals surface area contributed by atoms with E-state index >= 15 is 0 Å². The highest BCUT2D eigenvalue weighted by molar-refractivity contribution is 6.35. The fourth-order valence-electron chi connectivity index (χ4n) is 1.69. The number of aryl methyl sites for hydroxylation is 1. The molecule has 0 atom stereocenters. The highest BCUT2D eigenvalue weighted by Crippen LogP contribution is 2.08. The van der Waals surface area contributed by atoms with Gasteiger partial charge in [0.2, 0.25) is 5.91 Å². The third-order valence-electron chi connectivity index (χ3n) is 2.98. The largest absolute Gasteiger partial charge is 0.348 e.